The van der Waals surface area contributed by atoms with Crippen LogP contribution in [0.15, 0.2) is 34.9 Å². The minimum atomic E-state index is -0.427. The van der Waals surface area contributed by atoms with E-state index in [0.717, 1.165) is 0 Å². The average Bonchev–Trinajstić information content (AvgIpc) is 2.67. The number of aromatic hydroxyl groups is 1. The minimum absolute atomic E-state index is 0.142. The van der Waals surface area contributed by atoms with Gasteiger partial charge in [0.2, 0.25) is 0 Å². The van der Waals surface area contributed by atoms with Crippen LogP contribution in [0.2, 0.25) is 0 Å². The lowest BCUT2D eigenvalue weighted by Gasteiger charge is -2.04. The second-order valence-electron chi connectivity index (χ2n) is 3.45. The van der Waals surface area contributed by atoms with Crippen molar-refractivity contribution >= 4 is 17.5 Å². The van der Waals surface area contributed by atoms with E-state index < -0.39 is 6.03 Å². The number of nitrogens with one attached hydrogen (secondary N) is 2. The van der Waals surface area contributed by atoms with Crippen molar-refractivity contribution < 1.29 is 14.4 Å². The standard InChI is InChI=1S/C11H11N3O3/c1-7-6-10(14-17-7)13-11(16)12-8-2-4-9(15)5-3-8/h2-6,15H,1H3,(H2,12,13,14,16). The topological polar surface area (TPSA) is 87.4 Å². The first-order chi connectivity index (χ1) is 8.13. The number of carbonyl (C=O) groups is 1. The Bertz CT molecular complexity index is 519. The van der Waals surface area contributed by atoms with E-state index >= 15 is 0 Å². The van der Waals surface area contributed by atoms with Gasteiger partial charge in [0.25, 0.3) is 0 Å². The van der Waals surface area contributed by atoms with Crippen molar-refractivity contribution in [1.29, 1.82) is 0 Å². The van der Waals surface area contributed by atoms with Gasteiger partial charge in [0.15, 0.2) is 5.82 Å². The van der Waals surface area contributed by atoms with E-state index in [-0.39, 0.29) is 5.75 Å². The highest BCUT2D eigenvalue weighted by Crippen LogP contribution is 2.14. The number of amides is 2. The van der Waals surface area contributed by atoms with Gasteiger partial charge >= 0.3 is 6.03 Å². The molecule has 6 heteroatoms. The number of nitrogens with zero attached hydrogens (tertiary/aromatic N) is 1. The fraction of sp³-hybridized carbons (Fsp3) is 0.0909. The van der Waals surface area contributed by atoms with Gasteiger partial charge in [-0.1, -0.05) is 5.16 Å². The molecule has 0 radical (unpaired) electrons. The molecule has 2 amide bonds. The number of aryl methyl sites for hydroxylation is 1. The summed E-state index contributed by atoms with van der Waals surface area (Å²) in [7, 11) is 0. The van der Waals surface area contributed by atoms with Crippen LogP contribution in [0.1, 0.15) is 5.76 Å². The number of hydrogen-bond donors (Lipinski definition) is 3. The van der Waals surface area contributed by atoms with Crippen LogP contribution < -0.4 is 10.6 Å². The van der Waals surface area contributed by atoms with Gasteiger partial charge in [-0.05, 0) is 31.2 Å². The maximum atomic E-state index is 11.5. The molecule has 17 heavy (non-hydrogen) atoms. The summed E-state index contributed by atoms with van der Waals surface area (Å²) in [6, 6.07) is 7.32. The molecule has 0 fully saturated rings. The van der Waals surface area contributed by atoms with Crippen LogP contribution in [0.25, 0.3) is 0 Å². The first-order valence-electron chi connectivity index (χ1n) is 4.94. The molecule has 0 aliphatic heterocycles. The number of phenolic OH excluding ortho intramolecular Hbond substituents is 1. The monoisotopic (exact) mass is 233 g/mol. The molecule has 0 saturated carbocycles. The van der Waals surface area contributed by atoms with E-state index in [2.05, 4.69) is 15.8 Å². The van der Waals surface area contributed by atoms with Crippen LogP contribution in [0.3, 0.4) is 0 Å². The van der Waals surface area contributed by atoms with Gasteiger partial charge < -0.3 is 14.9 Å². The van der Waals surface area contributed by atoms with Crippen molar-refractivity contribution in [2.24, 2.45) is 0 Å². The van der Waals surface area contributed by atoms with Gasteiger partial charge in [-0.3, -0.25) is 5.32 Å². The lowest BCUT2D eigenvalue weighted by molar-refractivity contribution is 0.262. The Hall–Kier alpha value is -2.50. The molecule has 0 saturated heterocycles. The Balaban J connectivity index is 1.95. The maximum Gasteiger partial charge on any atom is 0.324 e. The zero-order valence-corrected chi connectivity index (χ0v) is 9.10. The molecule has 2 aromatic rings. The molecule has 0 bridgehead atoms. The van der Waals surface area contributed by atoms with E-state index in [1.165, 1.54) is 12.1 Å². The van der Waals surface area contributed by atoms with E-state index in [0.29, 0.717) is 17.3 Å². The highest BCUT2D eigenvalue weighted by molar-refractivity contribution is 5.99. The highest BCUT2D eigenvalue weighted by Gasteiger charge is 2.05. The number of phenols is 1. The third-order valence-corrected chi connectivity index (χ3v) is 1.99. The van der Waals surface area contributed by atoms with Crippen LogP contribution in [0.4, 0.5) is 16.3 Å². The van der Waals surface area contributed by atoms with Gasteiger partial charge in [-0.25, -0.2) is 4.79 Å². The Morgan fingerprint density at radius 3 is 2.59 bits per heavy atom. The number of rotatable bonds is 2. The quantitative estimate of drug-likeness (QED) is 0.694. The predicted molar refractivity (Wildman–Crippen MR) is 62.0 cm³/mol. The number of anilines is 2. The van der Waals surface area contributed by atoms with Crippen molar-refractivity contribution in [3.8, 4) is 5.75 Å². The zero-order chi connectivity index (χ0) is 12.3. The van der Waals surface area contributed by atoms with Gasteiger partial charge in [-0.2, -0.15) is 0 Å². The van der Waals surface area contributed by atoms with Crippen LogP contribution in [-0.2, 0) is 0 Å². The molecule has 3 N–H and O–H groups in total. The molecule has 0 spiro atoms. The van der Waals surface area contributed by atoms with Crippen LogP contribution in [-0.4, -0.2) is 16.3 Å². The molecule has 2 rings (SSSR count). The van der Waals surface area contributed by atoms with Crippen LogP contribution in [0, 0.1) is 6.92 Å². The van der Waals surface area contributed by atoms with Crippen LogP contribution >= 0.6 is 0 Å². The molecule has 0 aliphatic carbocycles. The van der Waals surface area contributed by atoms with Crippen molar-refractivity contribution in [2.45, 2.75) is 6.92 Å². The second-order valence-corrected chi connectivity index (χ2v) is 3.45. The fourth-order valence-electron chi connectivity index (χ4n) is 1.25. The molecular formula is C11H11N3O3. The van der Waals surface area contributed by atoms with Gasteiger partial charge in [-0.15, -0.1) is 0 Å². The van der Waals surface area contributed by atoms with E-state index in [1.807, 2.05) is 0 Å². The van der Waals surface area contributed by atoms with Crippen molar-refractivity contribution in [2.75, 3.05) is 10.6 Å². The molecule has 0 aliphatic rings. The summed E-state index contributed by atoms with van der Waals surface area (Å²) in [5.41, 5.74) is 0.570. The maximum absolute atomic E-state index is 11.5. The molecule has 0 atom stereocenters. The number of urea groups is 1. The van der Waals surface area contributed by atoms with Gasteiger partial charge in [0.1, 0.15) is 11.5 Å². The zero-order valence-electron chi connectivity index (χ0n) is 9.10. The lowest BCUT2D eigenvalue weighted by Crippen LogP contribution is -2.19. The third kappa shape index (κ3) is 2.97. The Morgan fingerprint density at radius 2 is 2.00 bits per heavy atom. The molecule has 1 aromatic carbocycles. The highest BCUT2D eigenvalue weighted by atomic mass is 16.5. The fourth-order valence-corrected chi connectivity index (χ4v) is 1.25. The SMILES string of the molecule is Cc1cc(NC(=O)Nc2ccc(O)cc2)no1. The Kier molecular flexibility index (Phi) is 2.95. The summed E-state index contributed by atoms with van der Waals surface area (Å²) in [4.78, 5) is 11.5. The molecule has 6 nitrogen and oxygen atoms in total. The summed E-state index contributed by atoms with van der Waals surface area (Å²) in [6.07, 6.45) is 0. The van der Waals surface area contributed by atoms with Crippen molar-refractivity contribution in [1.82, 2.24) is 5.16 Å². The van der Waals surface area contributed by atoms with E-state index in [1.54, 1.807) is 25.1 Å². The van der Waals surface area contributed by atoms with Crippen molar-refractivity contribution in [3.05, 3.63) is 36.1 Å². The summed E-state index contributed by atoms with van der Waals surface area (Å²) in [5.74, 6) is 1.10. The summed E-state index contributed by atoms with van der Waals surface area (Å²) in [5, 5.41) is 17.8. The predicted octanol–water partition coefficient (Wildman–Crippen LogP) is 2.33. The summed E-state index contributed by atoms with van der Waals surface area (Å²) in [6.45, 7) is 1.73. The average molecular weight is 233 g/mol. The first kappa shape index (κ1) is 11.0. The summed E-state index contributed by atoms with van der Waals surface area (Å²) >= 11 is 0. The van der Waals surface area contributed by atoms with Crippen molar-refractivity contribution in [3.63, 3.8) is 0 Å². The lowest BCUT2D eigenvalue weighted by atomic mass is 10.3. The Labute approximate surface area is 97.2 Å². The largest absolute Gasteiger partial charge is 0.508 e. The minimum Gasteiger partial charge on any atom is -0.508 e. The van der Waals surface area contributed by atoms with Crippen LogP contribution in [0.5, 0.6) is 5.75 Å². The molecule has 0 unspecified atom stereocenters. The second kappa shape index (κ2) is 4.56. The summed E-state index contributed by atoms with van der Waals surface area (Å²) < 4.78 is 4.81. The molecule has 88 valence electrons. The Morgan fingerprint density at radius 1 is 1.29 bits per heavy atom. The number of carbonyl (C=O) groups excluding carboxylic acids is 1. The smallest absolute Gasteiger partial charge is 0.324 e. The molecule has 1 aromatic heterocycles. The van der Waals surface area contributed by atoms with E-state index in [9.17, 15) is 4.79 Å². The normalized spacial score (nSPS) is 9.94. The first-order valence-corrected chi connectivity index (χ1v) is 4.94. The molecular weight excluding hydrogens is 222 g/mol. The van der Waals surface area contributed by atoms with Gasteiger partial charge in [0.05, 0.1) is 0 Å². The molecule has 1 heterocycles. The number of hydrogen-bond acceptors (Lipinski definition) is 4. The third-order valence-electron chi connectivity index (χ3n) is 1.99. The number of benzene rings is 1. The van der Waals surface area contributed by atoms with E-state index in [4.69, 9.17) is 9.63 Å². The number of aromatic nitrogens is 1. The van der Waals surface area contributed by atoms with Gasteiger partial charge in [0, 0.05) is 11.8 Å².